The number of nitrogens with zero attached hydrogens (tertiary/aromatic N) is 1. The normalized spacial score (nSPS) is 12.8. The van der Waals surface area contributed by atoms with E-state index in [-0.39, 0.29) is 11.5 Å². The number of nitro groups is 1. The summed E-state index contributed by atoms with van der Waals surface area (Å²) >= 11 is 0. The van der Waals surface area contributed by atoms with Crippen LogP contribution in [0.5, 0.6) is 0 Å². The number of hydrogen-bond acceptors (Lipinski definition) is 3. The maximum atomic E-state index is 10.3. The van der Waals surface area contributed by atoms with Crippen molar-refractivity contribution < 1.29 is 10.0 Å². The highest BCUT2D eigenvalue weighted by molar-refractivity contribution is 5.21. The molecule has 0 amide bonds. The van der Waals surface area contributed by atoms with Crippen LogP contribution < -0.4 is 0 Å². The molecule has 66 valence electrons. The SMILES string of the molecule is C=C/C=C(O)\C(=C/CC)[N+](=O)[O-]. The minimum Gasteiger partial charge on any atom is -0.502 e. The minimum absolute atomic E-state index is 0.280. The van der Waals surface area contributed by atoms with Crippen molar-refractivity contribution in [3.63, 3.8) is 0 Å². The highest BCUT2D eigenvalue weighted by atomic mass is 16.6. The molecule has 0 fully saturated rings. The summed E-state index contributed by atoms with van der Waals surface area (Å²) in [6.45, 7) is 5.07. The van der Waals surface area contributed by atoms with Crippen molar-refractivity contribution in [1.82, 2.24) is 0 Å². The van der Waals surface area contributed by atoms with Gasteiger partial charge in [0.15, 0.2) is 5.76 Å². The maximum absolute atomic E-state index is 10.3. The Bertz CT molecular complexity index is 241. The number of hydrogen-bond donors (Lipinski definition) is 1. The lowest BCUT2D eigenvalue weighted by atomic mass is 10.3. The van der Waals surface area contributed by atoms with Gasteiger partial charge in [0.2, 0.25) is 0 Å². The highest BCUT2D eigenvalue weighted by Crippen LogP contribution is 2.08. The molecule has 0 aromatic rings. The van der Waals surface area contributed by atoms with E-state index in [4.69, 9.17) is 5.11 Å². The average molecular weight is 169 g/mol. The van der Waals surface area contributed by atoms with Crippen molar-refractivity contribution >= 4 is 0 Å². The van der Waals surface area contributed by atoms with Gasteiger partial charge in [-0.25, -0.2) is 0 Å². The lowest BCUT2D eigenvalue weighted by Gasteiger charge is -1.94. The third-order valence-corrected chi connectivity index (χ3v) is 1.13. The van der Waals surface area contributed by atoms with Crippen LogP contribution in [0, 0.1) is 10.1 Å². The van der Waals surface area contributed by atoms with Crippen LogP contribution in [-0.4, -0.2) is 10.0 Å². The fourth-order valence-electron chi connectivity index (χ4n) is 0.663. The van der Waals surface area contributed by atoms with Gasteiger partial charge in [-0.05, 0) is 18.6 Å². The zero-order valence-corrected chi connectivity index (χ0v) is 6.86. The molecule has 0 aromatic heterocycles. The Morgan fingerprint density at radius 1 is 1.75 bits per heavy atom. The van der Waals surface area contributed by atoms with Gasteiger partial charge in [-0.2, -0.15) is 0 Å². The second-order valence-electron chi connectivity index (χ2n) is 2.04. The lowest BCUT2D eigenvalue weighted by molar-refractivity contribution is -0.424. The monoisotopic (exact) mass is 169 g/mol. The molecule has 12 heavy (non-hydrogen) atoms. The summed E-state index contributed by atoms with van der Waals surface area (Å²) in [5, 5.41) is 19.4. The molecule has 0 aliphatic carbocycles. The van der Waals surface area contributed by atoms with Gasteiger partial charge in [0.25, 0.3) is 0 Å². The average Bonchev–Trinajstić information content (AvgIpc) is 1.99. The number of allylic oxidation sites excluding steroid dienone is 3. The molecule has 0 rings (SSSR count). The fourth-order valence-corrected chi connectivity index (χ4v) is 0.663. The first-order valence-electron chi connectivity index (χ1n) is 3.50. The second-order valence-corrected chi connectivity index (χ2v) is 2.04. The van der Waals surface area contributed by atoms with Crippen LogP contribution in [0.2, 0.25) is 0 Å². The molecule has 0 aliphatic rings. The Hall–Kier alpha value is -1.58. The van der Waals surface area contributed by atoms with Crippen molar-refractivity contribution in [3.8, 4) is 0 Å². The minimum atomic E-state index is -0.626. The van der Waals surface area contributed by atoms with Crippen molar-refractivity contribution in [2.45, 2.75) is 13.3 Å². The zero-order valence-electron chi connectivity index (χ0n) is 6.86. The van der Waals surface area contributed by atoms with E-state index < -0.39 is 4.92 Å². The summed E-state index contributed by atoms with van der Waals surface area (Å²) in [6, 6.07) is 0. The van der Waals surface area contributed by atoms with Gasteiger partial charge in [0.1, 0.15) is 0 Å². The van der Waals surface area contributed by atoms with Crippen LogP contribution in [0.4, 0.5) is 0 Å². The zero-order chi connectivity index (χ0) is 9.56. The summed E-state index contributed by atoms with van der Waals surface area (Å²) < 4.78 is 0. The molecule has 0 aromatic carbocycles. The molecule has 0 atom stereocenters. The van der Waals surface area contributed by atoms with Gasteiger partial charge >= 0.3 is 5.70 Å². The molecule has 0 saturated heterocycles. The molecule has 0 aliphatic heterocycles. The van der Waals surface area contributed by atoms with Gasteiger partial charge < -0.3 is 5.11 Å². The van der Waals surface area contributed by atoms with E-state index in [9.17, 15) is 10.1 Å². The van der Waals surface area contributed by atoms with E-state index in [1.807, 2.05) is 0 Å². The third-order valence-electron chi connectivity index (χ3n) is 1.13. The smallest absolute Gasteiger partial charge is 0.306 e. The Labute approximate surface area is 70.7 Å². The van der Waals surface area contributed by atoms with E-state index >= 15 is 0 Å². The van der Waals surface area contributed by atoms with Crippen molar-refractivity contribution in [3.05, 3.63) is 46.4 Å². The van der Waals surface area contributed by atoms with Gasteiger partial charge in [0, 0.05) is 0 Å². The van der Waals surface area contributed by atoms with Gasteiger partial charge in [-0.1, -0.05) is 19.6 Å². The Kier molecular flexibility index (Phi) is 4.45. The maximum Gasteiger partial charge on any atom is 0.306 e. The summed E-state index contributed by atoms with van der Waals surface area (Å²) in [7, 11) is 0. The second kappa shape index (κ2) is 5.12. The van der Waals surface area contributed by atoms with E-state index in [1.54, 1.807) is 6.92 Å². The Balaban J connectivity index is 4.75. The fraction of sp³-hybridized carbons (Fsp3) is 0.250. The van der Waals surface area contributed by atoms with Crippen LogP contribution in [0.3, 0.4) is 0 Å². The first kappa shape index (κ1) is 10.4. The van der Waals surface area contributed by atoms with Crippen LogP contribution in [0.1, 0.15) is 13.3 Å². The van der Waals surface area contributed by atoms with Crippen LogP contribution in [0.25, 0.3) is 0 Å². The van der Waals surface area contributed by atoms with E-state index in [2.05, 4.69) is 6.58 Å². The van der Waals surface area contributed by atoms with Gasteiger partial charge in [0.05, 0.1) is 4.92 Å². The van der Waals surface area contributed by atoms with Crippen LogP contribution >= 0.6 is 0 Å². The molecule has 4 heteroatoms. The molecular weight excluding hydrogens is 158 g/mol. The summed E-state index contributed by atoms with van der Waals surface area (Å²) in [5.74, 6) is -0.364. The Morgan fingerprint density at radius 2 is 2.33 bits per heavy atom. The quantitative estimate of drug-likeness (QED) is 0.303. The number of rotatable bonds is 4. The predicted octanol–water partition coefficient (Wildman–Crippen LogP) is 2.18. The van der Waals surface area contributed by atoms with Gasteiger partial charge in [-0.3, -0.25) is 10.1 Å². The molecule has 0 saturated carbocycles. The first-order valence-corrected chi connectivity index (χ1v) is 3.50. The Morgan fingerprint density at radius 3 is 2.67 bits per heavy atom. The summed E-state index contributed by atoms with van der Waals surface area (Å²) in [4.78, 5) is 9.68. The topological polar surface area (TPSA) is 63.4 Å². The standard InChI is InChI=1S/C8H11NO3/c1-3-5-7(9(11)12)8(10)6-4-2/h4-6,10H,2-3H2,1H3/b7-5+,8-6+. The molecule has 0 spiro atoms. The highest BCUT2D eigenvalue weighted by Gasteiger charge is 2.13. The molecule has 0 heterocycles. The molecular formula is C8H11NO3. The van der Waals surface area contributed by atoms with Crippen LogP contribution in [0.15, 0.2) is 36.3 Å². The predicted molar refractivity (Wildman–Crippen MR) is 46.3 cm³/mol. The van der Waals surface area contributed by atoms with E-state index in [0.717, 1.165) is 0 Å². The number of aliphatic hydroxyl groups excluding tert-OH is 1. The molecule has 0 radical (unpaired) electrons. The summed E-state index contributed by atoms with van der Waals surface area (Å²) in [5.41, 5.74) is -0.280. The lowest BCUT2D eigenvalue weighted by Crippen LogP contribution is -2.01. The van der Waals surface area contributed by atoms with Gasteiger partial charge in [-0.15, -0.1) is 0 Å². The van der Waals surface area contributed by atoms with E-state index in [0.29, 0.717) is 6.42 Å². The largest absolute Gasteiger partial charge is 0.502 e. The van der Waals surface area contributed by atoms with Crippen molar-refractivity contribution in [2.75, 3.05) is 0 Å². The summed E-state index contributed by atoms with van der Waals surface area (Å²) in [6.07, 6.45) is 4.33. The van der Waals surface area contributed by atoms with Crippen molar-refractivity contribution in [1.29, 1.82) is 0 Å². The van der Waals surface area contributed by atoms with Crippen molar-refractivity contribution in [2.24, 2.45) is 0 Å². The third kappa shape index (κ3) is 3.01. The van der Waals surface area contributed by atoms with E-state index in [1.165, 1.54) is 18.2 Å². The molecule has 0 bridgehead atoms. The molecule has 1 N–H and O–H groups in total. The first-order chi connectivity index (χ1) is 5.63. The van der Waals surface area contributed by atoms with Crippen LogP contribution in [-0.2, 0) is 0 Å². The molecule has 0 unspecified atom stereocenters. The molecule has 4 nitrogen and oxygen atoms in total. The number of aliphatic hydroxyl groups is 1.